The Hall–Kier alpha value is -6.98. The average Bonchev–Trinajstić information content (AvgIpc) is 4.01. The summed E-state index contributed by atoms with van der Waals surface area (Å²) in [7, 11) is -2.75. The Morgan fingerprint density at radius 2 is 0.959 bits per heavy atom. The second-order valence-corrected chi connectivity index (χ2v) is 24.6. The monoisotopic (exact) mass is 1020 g/mol. The summed E-state index contributed by atoms with van der Waals surface area (Å²) in [4.78, 5) is 55.7. The van der Waals surface area contributed by atoms with E-state index in [9.17, 15) is 24.3 Å². The molecule has 11 rings (SSSR count). The van der Waals surface area contributed by atoms with Gasteiger partial charge >= 0.3 is 0 Å². The fourth-order valence-electron chi connectivity index (χ4n) is 10.3. The summed E-state index contributed by atoms with van der Waals surface area (Å²) >= 11 is 0. The smallest absolute Gasteiger partial charge is 0.277 e. The van der Waals surface area contributed by atoms with Crippen LogP contribution in [0.5, 0.6) is 11.5 Å². The van der Waals surface area contributed by atoms with Crippen LogP contribution in [0.2, 0.25) is 5.04 Å². The highest BCUT2D eigenvalue weighted by Gasteiger charge is 2.52. The van der Waals surface area contributed by atoms with Gasteiger partial charge < -0.3 is 33.5 Å². The number of carbonyl (C=O) groups excluding carboxylic acids is 2. The first-order valence-corrected chi connectivity index (χ1v) is 27.8. The van der Waals surface area contributed by atoms with Gasteiger partial charge in [0.1, 0.15) is 26.6 Å². The molecule has 2 unspecified atom stereocenters. The molecule has 3 saturated heterocycles. The fraction of sp³-hybridized carbons (Fsp3) is 0.379. The van der Waals surface area contributed by atoms with Crippen molar-refractivity contribution in [1.29, 1.82) is 0 Å². The number of nitrogens with zero attached hydrogens (tertiary/aromatic N) is 6. The molecule has 4 bridgehead atoms. The Balaban J connectivity index is 0.000000182. The number of pyridine rings is 2. The van der Waals surface area contributed by atoms with Crippen molar-refractivity contribution in [2.24, 2.45) is 0 Å². The van der Waals surface area contributed by atoms with Gasteiger partial charge in [0, 0.05) is 70.0 Å². The zero-order valence-corrected chi connectivity index (χ0v) is 43.7. The van der Waals surface area contributed by atoms with Crippen LogP contribution in [0.1, 0.15) is 91.4 Å². The van der Waals surface area contributed by atoms with E-state index in [2.05, 4.69) is 86.4 Å². The van der Waals surface area contributed by atoms with Crippen molar-refractivity contribution in [2.75, 3.05) is 62.7 Å². The van der Waals surface area contributed by atoms with Crippen LogP contribution in [0.4, 0.5) is 0 Å². The molecule has 0 aliphatic carbocycles. The van der Waals surface area contributed by atoms with Crippen molar-refractivity contribution >= 4 is 30.5 Å². The number of hydrogen-bond acceptors (Lipinski definition) is 11. The predicted octanol–water partition coefficient (Wildman–Crippen LogP) is 6.25. The highest BCUT2D eigenvalue weighted by atomic mass is 28.4. The SMILES string of the molecule is C1CCOC1.CC(C)(C)[Si](OC1CCN2CN(CC1)n1ccc(=O)c(OCc3ccccc3)c1C2=O)(c1ccccc1)c1ccccc1.O=C1c2c(OCc3ccccc3)c(=O)ccn2N2CCC(O)CCN1C2. The van der Waals surface area contributed by atoms with Crippen LogP contribution in [0.15, 0.2) is 155 Å². The minimum Gasteiger partial charge on any atom is -0.482 e. The van der Waals surface area contributed by atoms with Gasteiger partial charge in [-0.15, -0.1) is 0 Å². The van der Waals surface area contributed by atoms with Gasteiger partial charge in [0.15, 0.2) is 22.9 Å². The molecule has 74 heavy (non-hydrogen) atoms. The molecule has 4 aromatic carbocycles. The normalized spacial score (nSPS) is 18.5. The maximum Gasteiger partial charge on any atom is 0.277 e. The maximum atomic E-state index is 13.9. The van der Waals surface area contributed by atoms with Crippen molar-refractivity contribution in [3.8, 4) is 11.5 Å². The van der Waals surface area contributed by atoms with Crippen LogP contribution in [0.3, 0.4) is 0 Å². The fourth-order valence-corrected chi connectivity index (χ4v) is 15.1. The Bertz CT molecular complexity index is 2900. The summed E-state index contributed by atoms with van der Waals surface area (Å²) in [6.07, 6.45) is 8.03. The molecule has 1 N–H and O–H groups in total. The zero-order chi connectivity index (χ0) is 51.7. The van der Waals surface area contributed by atoms with E-state index in [1.165, 1.54) is 35.3 Å². The third-order valence-electron chi connectivity index (χ3n) is 14.2. The second kappa shape index (κ2) is 23.5. The first kappa shape index (κ1) is 51.9. The molecule has 3 fully saturated rings. The third-order valence-corrected chi connectivity index (χ3v) is 19.3. The van der Waals surface area contributed by atoms with Crippen molar-refractivity contribution in [3.05, 3.63) is 189 Å². The second-order valence-electron chi connectivity index (χ2n) is 20.4. The van der Waals surface area contributed by atoms with E-state index in [1.807, 2.05) is 75.2 Å². The van der Waals surface area contributed by atoms with E-state index < -0.39 is 14.4 Å². The van der Waals surface area contributed by atoms with Gasteiger partial charge in [0.2, 0.25) is 10.9 Å². The van der Waals surface area contributed by atoms with Gasteiger partial charge in [-0.3, -0.25) is 38.5 Å². The van der Waals surface area contributed by atoms with E-state index in [4.69, 9.17) is 18.6 Å². The number of benzene rings is 4. The van der Waals surface area contributed by atoms with Crippen LogP contribution in [0, 0.1) is 0 Å². The predicted molar refractivity (Wildman–Crippen MR) is 288 cm³/mol. The Labute approximate surface area is 434 Å². The number of fused-ring (bicyclic) bond motifs is 8. The number of ether oxygens (including phenoxy) is 3. The number of aliphatic hydroxyl groups is 1. The molecule has 0 saturated carbocycles. The molecule has 5 aliphatic heterocycles. The van der Waals surface area contributed by atoms with Gasteiger partial charge in [-0.2, -0.15) is 0 Å². The minimum absolute atomic E-state index is 0.0564. The molecule has 388 valence electrons. The van der Waals surface area contributed by atoms with Gasteiger partial charge in [-0.1, -0.05) is 142 Å². The zero-order valence-electron chi connectivity index (χ0n) is 42.7. The lowest BCUT2D eigenvalue weighted by Gasteiger charge is -2.47. The first-order chi connectivity index (χ1) is 35.9. The lowest BCUT2D eigenvalue weighted by molar-refractivity contribution is 0.0585. The molecule has 7 heterocycles. The molecule has 2 atom stereocenters. The lowest BCUT2D eigenvalue weighted by Crippen LogP contribution is -2.68. The summed E-state index contributed by atoms with van der Waals surface area (Å²) in [6, 6.07) is 43.5. The summed E-state index contributed by atoms with van der Waals surface area (Å²) in [5.74, 6) is -0.247. The van der Waals surface area contributed by atoms with Gasteiger partial charge in [-0.25, -0.2) is 0 Å². The van der Waals surface area contributed by atoms with Crippen molar-refractivity contribution < 1.29 is 33.3 Å². The summed E-state index contributed by atoms with van der Waals surface area (Å²) in [5.41, 5.74) is 1.82. The summed E-state index contributed by atoms with van der Waals surface area (Å²) in [6.45, 7) is 12.5. The number of aliphatic hydroxyl groups excluding tert-OH is 1. The van der Waals surface area contributed by atoms with Crippen LogP contribution in [0.25, 0.3) is 0 Å². The molecule has 2 amide bonds. The third kappa shape index (κ3) is 11.5. The molecular formula is C58H68N6O9Si. The molecule has 5 aliphatic rings. The van der Waals surface area contributed by atoms with Crippen LogP contribution < -0.4 is 40.7 Å². The van der Waals surface area contributed by atoms with E-state index in [0.717, 1.165) is 30.8 Å². The van der Waals surface area contributed by atoms with E-state index in [0.29, 0.717) is 64.5 Å². The number of amides is 2. The van der Waals surface area contributed by atoms with Crippen molar-refractivity contribution in [1.82, 2.24) is 19.2 Å². The average molecular weight is 1020 g/mol. The molecule has 15 nitrogen and oxygen atoms in total. The van der Waals surface area contributed by atoms with Crippen LogP contribution >= 0.6 is 0 Å². The number of rotatable bonds is 10. The van der Waals surface area contributed by atoms with Crippen molar-refractivity contribution in [3.63, 3.8) is 0 Å². The van der Waals surface area contributed by atoms with Crippen LogP contribution in [-0.2, 0) is 22.4 Å². The largest absolute Gasteiger partial charge is 0.482 e. The first-order valence-electron chi connectivity index (χ1n) is 25.9. The number of aromatic nitrogens is 2. The maximum absolute atomic E-state index is 13.9. The van der Waals surface area contributed by atoms with Gasteiger partial charge in [0.25, 0.3) is 20.1 Å². The molecule has 0 radical (unpaired) electrons. The molecule has 2 aromatic heterocycles. The Kier molecular flexibility index (Phi) is 16.5. The standard InChI is InChI=1S/C35H39N3O4Si.C19H21N3O4.C4H8O/c1-35(2,3)43(29-15-9-5-10-16-29,30-17-11-6-12-18-30)42-28-19-22-36-26-37(23-20-28)38-24-21-31(39)33(32(38)34(36)40)41-25-27-13-7-4-8-14-27;23-15-6-9-20-13-21(10-7-15)22-11-8-16(24)18(17(22)19(20)25)26-12-14-4-2-1-3-5-14;1-2-4-5-3-1/h4-18,21,24,28H,19-20,22-23,25-26H2,1-3H3;1-5,8,11,15,23H,6-7,9-10,12-13H2;1-4H2. The minimum atomic E-state index is -2.75. The summed E-state index contributed by atoms with van der Waals surface area (Å²) < 4.78 is 27.7. The highest BCUT2D eigenvalue weighted by Crippen LogP contribution is 2.39. The molecule has 6 aromatic rings. The molecule has 16 heteroatoms. The van der Waals surface area contributed by atoms with E-state index in [-0.39, 0.29) is 64.2 Å². The van der Waals surface area contributed by atoms with E-state index >= 15 is 0 Å². The van der Waals surface area contributed by atoms with E-state index in [1.54, 1.807) is 22.0 Å². The molecule has 0 spiro atoms. The van der Waals surface area contributed by atoms with Crippen LogP contribution in [-0.4, -0.2) is 109 Å². The van der Waals surface area contributed by atoms with Crippen molar-refractivity contribution in [2.45, 2.75) is 89.8 Å². The lowest BCUT2D eigenvalue weighted by atomic mass is 10.1. The highest BCUT2D eigenvalue weighted by molar-refractivity contribution is 6.99. The van der Waals surface area contributed by atoms with Gasteiger partial charge in [0.05, 0.1) is 6.10 Å². The Morgan fingerprint density at radius 3 is 1.39 bits per heavy atom. The number of carbonyl (C=O) groups is 2. The quantitative estimate of drug-likeness (QED) is 0.156. The molecular weight excluding hydrogens is 953 g/mol. The van der Waals surface area contributed by atoms with Gasteiger partial charge in [-0.05, 0) is 65.1 Å². The number of hydrogen-bond donors (Lipinski definition) is 1. The summed E-state index contributed by atoms with van der Waals surface area (Å²) in [5, 5.41) is 16.4. The topological polar surface area (TPSA) is 148 Å². The Morgan fingerprint density at radius 1 is 0.554 bits per heavy atom.